The van der Waals surface area contributed by atoms with Crippen molar-refractivity contribution >= 4 is 41.2 Å². The highest BCUT2D eigenvalue weighted by molar-refractivity contribution is 6.39. The summed E-state index contributed by atoms with van der Waals surface area (Å²) in [4.78, 5) is 37.5. The Kier molecular flexibility index (Phi) is 4.05. The number of barbiturate groups is 1. The molecule has 2 aromatic carbocycles. The molecule has 0 unspecified atom stereocenters. The maximum Gasteiger partial charge on any atom is 0.335 e. The van der Waals surface area contributed by atoms with Gasteiger partial charge in [0.25, 0.3) is 11.8 Å². The third-order valence-corrected chi connectivity index (χ3v) is 3.61. The Balaban J connectivity index is 2.01. The number of rotatable bonds is 2. The highest BCUT2D eigenvalue weighted by atomic mass is 35.5. The van der Waals surface area contributed by atoms with E-state index in [4.69, 9.17) is 11.6 Å². The van der Waals surface area contributed by atoms with Crippen molar-refractivity contribution in [2.24, 2.45) is 0 Å². The van der Waals surface area contributed by atoms with Crippen LogP contribution in [-0.4, -0.2) is 23.0 Å². The largest absolute Gasteiger partial charge is 0.508 e. The zero-order valence-electron chi connectivity index (χ0n) is 12.2. The van der Waals surface area contributed by atoms with E-state index in [1.54, 1.807) is 24.3 Å². The minimum Gasteiger partial charge on any atom is -0.508 e. The normalized spacial score (nSPS) is 16.5. The van der Waals surface area contributed by atoms with Crippen molar-refractivity contribution in [1.82, 2.24) is 5.32 Å². The van der Waals surface area contributed by atoms with Crippen molar-refractivity contribution in [1.29, 1.82) is 0 Å². The van der Waals surface area contributed by atoms with E-state index in [1.165, 1.54) is 30.3 Å². The predicted molar refractivity (Wildman–Crippen MR) is 88.6 cm³/mol. The molecular weight excluding hydrogens is 332 g/mol. The second-order valence-corrected chi connectivity index (χ2v) is 5.47. The number of phenolic OH excluding ortho intramolecular Hbond substituents is 1. The molecule has 120 valence electrons. The number of halogens is 1. The lowest BCUT2D eigenvalue weighted by molar-refractivity contribution is -0.122. The summed E-state index contributed by atoms with van der Waals surface area (Å²) in [5, 5.41) is 11.8. The molecule has 4 amide bonds. The van der Waals surface area contributed by atoms with E-state index in [9.17, 15) is 19.5 Å². The van der Waals surface area contributed by atoms with Crippen LogP contribution in [0.25, 0.3) is 6.08 Å². The number of benzene rings is 2. The Hall–Kier alpha value is -3.12. The third-order valence-electron chi connectivity index (χ3n) is 3.37. The Morgan fingerprint density at radius 1 is 1.04 bits per heavy atom. The fraction of sp³-hybridized carbons (Fsp3) is 0. The highest BCUT2D eigenvalue weighted by Crippen LogP contribution is 2.24. The first-order valence-corrected chi connectivity index (χ1v) is 7.29. The number of carbonyl (C=O) groups excluding carboxylic acids is 3. The SMILES string of the molecule is O=C1NC(=O)N(c2cccc(Cl)c2)C(=O)/C1=C/c1ccc(O)cc1. The summed E-state index contributed by atoms with van der Waals surface area (Å²) in [6.45, 7) is 0. The van der Waals surface area contributed by atoms with Crippen LogP contribution in [0.4, 0.5) is 10.5 Å². The summed E-state index contributed by atoms with van der Waals surface area (Å²) in [6, 6.07) is 11.3. The van der Waals surface area contributed by atoms with Crippen LogP contribution in [0.5, 0.6) is 5.75 Å². The molecule has 3 rings (SSSR count). The molecule has 0 aliphatic carbocycles. The van der Waals surface area contributed by atoms with Crippen molar-refractivity contribution in [3.63, 3.8) is 0 Å². The van der Waals surface area contributed by atoms with Gasteiger partial charge in [-0.3, -0.25) is 14.9 Å². The van der Waals surface area contributed by atoms with Crippen molar-refractivity contribution in [2.45, 2.75) is 0 Å². The van der Waals surface area contributed by atoms with E-state index in [0.29, 0.717) is 10.6 Å². The van der Waals surface area contributed by atoms with E-state index < -0.39 is 17.8 Å². The number of hydrogen-bond donors (Lipinski definition) is 2. The zero-order chi connectivity index (χ0) is 17.3. The average molecular weight is 343 g/mol. The standard InChI is InChI=1S/C17H11ClN2O4/c18-11-2-1-3-12(9-11)20-16(23)14(15(22)19-17(20)24)8-10-4-6-13(21)7-5-10/h1-9,21H,(H,19,22,24)/b14-8+. The van der Waals surface area contributed by atoms with Gasteiger partial charge >= 0.3 is 6.03 Å². The number of hydrogen-bond acceptors (Lipinski definition) is 4. The van der Waals surface area contributed by atoms with Crippen molar-refractivity contribution in [2.75, 3.05) is 4.90 Å². The van der Waals surface area contributed by atoms with Gasteiger partial charge in [0.15, 0.2) is 0 Å². The lowest BCUT2D eigenvalue weighted by Crippen LogP contribution is -2.54. The van der Waals surface area contributed by atoms with Gasteiger partial charge in [-0.1, -0.05) is 29.8 Å². The lowest BCUT2D eigenvalue weighted by atomic mass is 10.1. The van der Waals surface area contributed by atoms with Gasteiger partial charge in [0.05, 0.1) is 5.69 Å². The van der Waals surface area contributed by atoms with Crippen LogP contribution < -0.4 is 10.2 Å². The van der Waals surface area contributed by atoms with Crippen molar-refractivity contribution in [3.8, 4) is 5.75 Å². The zero-order valence-corrected chi connectivity index (χ0v) is 12.9. The maximum absolute atomic E-state index is 12.6. The smallest absolute Gasteiger partial charge is 0.335 e. The number of nitrogens with one attached hydrogen (secondary N) is 1. The molecule has 0 aromatic heterocycles. The van der Waals surface area contributed by atoms with Gasteiger partial charge in [-0.2, -0.15) is 0 Å². The Bertz CT molecular complexity index is 874. The minimum atomic E-state index is -0.838. The Morgan fingerprint density at radius 2 is 1.75 bits per heavy atom. The number of urea groups is 1. The molecular formula is C17H11ClN2O4. The van der Waals surface area contributed by atoms with Crippen LogP contribution >= 0.6 is 11.6 Å². The Labute approximate surface area is 142 Å². The summed E-state index contributed by atoms with van der Waals surface area (Å²) < 4.78 is 0. The topological polar surface area (TPSA) is 86.7 Å². The molecule has 2 aromatic rings. The molecule has 0 bridgehead atoms. The lowest BCUT2D eigenvalue weighted by Gasteiger charge is -2.26. The van der Waals surface area contributed by atoms with Crippen molar-refractivity contribution < 1.29 is 19.5 Å². The van der Waals surface area contributed by atoms with Gasteiger partial charge in [0.1, 0.15) is 11.3 Å². The number of imide groups is 2. The van der Waals surface area contributed by atoms with Crippen LogP contribution in [-0.2, 0) is 9.59 Å². The number of anilines is 1. The van der Waals surface area contributed by atoms with Crippen LogP contribution in [0.2, 0.25) is 5.02 Å². The fourth-order valence-corrected chi connectivity index (χ4v) is 2.43. The second-order valence-electron chi connectivity index (χ2n) is 5.03. The molecule has 6 nitrogen and oxygen atoms in total. The minimum absolute atomic E-state index is 0.0623. The molecule has 0 saturated carbocycles. The van der Waals surface area contributed by atoms with E-state index in [1.807, 2.05) is 0 Å². The van der Waals surface area contributed by atoms with Gasteiger partial charge in [-0.05, 0) is 42.0 Å². The number of carbonyl (C=O) groups is 3. The number of aromatic hydroxyl groups is 1. The van der Waals surface area contributed by atoms with Crippen LogP contribution in [0.15, 0.2) is 54.1 Å². The second kappa shape index (κ2) is 6.17. The molecule has 1 aliphatic heterocycles. The van der Waals surface area contributed by atoms with Crippen LogP contribution in [0.1, 0.15) is 5.56 Å². The molecule has 1 fully saturated rings. The summed E-state index contributed by atoms with van der Waals surface area (Å²) in [5.74, 6) is -1.47. The highest BCUT2D eigenvalue weighted by Gasteiger charge is 2.36. The molecule has 7 heteroatoms. The predicted octanol–water partition coefficient (Wildman–Crippen LogP) is 2.71. The molecule has 2 N–H and O–H groups in total. The summed E-state index contributed by atoms with van der Waals surface area (Å²) in [5.41, 5.74) is 0.598. The molecule has 0 radical (unpaired) electrons. The van der Waals surface area contributed by atoms with E-state index in [-0.39, 0.29) is 17.0 Å². The molecule has 24 heavy (non-hydrogen) atoms. The summed E-state index contributed by atoms with van der Waals surface area (Å²) >= 11 is 5.89. The van der Waals surface area contributed by atoms with Crippen molar-refractivity contribution in [3.05, 3.63) is 64.7 Å². The van der Waals surface area contributed by atoms with Gasteiger partial charge in [0, 0.05) is 5.02 Å². The van der Waals surface area contributed by atoms with E-state index >= 15 is 0 Å². The molecule has 1 saturated heterocycles. The maximum atomic E-state index is 12.6. The number of phenols is 1. The first kappa shape index (κ1) is 15.8. The average Bonchev–Trinajstić information content (AvgIpc) is 2.53. The van der Waals surface area contributed by atoms with Crippen LogP contribution in [0, 0.1) is 0 Å². The molecule has 1 aliphatic rings. The molecule has 1 heterocycles. The first-order chi connectivity index (χ1) is 11.5. The van der Waals surface area contributed by atoms with Gasteiger partial charge in [-0.25, -0.2) is 9.69 Å². The van der Waals surface area contributed by atoms with Gasteiger partial charge in [-0.15, -0.1) is 0 Å². The number of amides is 4. The Morgan fingerprint density at radius 3 is 2.42 bits per heavy atom. The monoisotopic (exact) mass is 342 g/mol. The van der Waals surface area contributed by atoms with Gasteiger partial charge in [0.2, 0.25) is 0 Å². The molecule has 0 atom stereocenters. The van der Waals surface area contributed by atoms with Crippen LogP contribution in [0.3, 0.4) is 0 Å². The summed E-state index contributed by atoms with van der Waals surface area (Å²) in [6.07, 6.45) is 1.35. The first-order valence-electron chi connectivity index (χ1n) is 6.92. The van der Waals surface area contributed by atoms with E-state index in [0.717, 1.165) is 4.90 Å². The summed E-state index contributed by atoms with van der Waals surface area (Å²) in [7, 11) is 0. The molecule has 0 spiro atoms. The third kappa shape index (κ3) is 3.00. The fourth-order valence-electron chi connectivity index (χ4n) is 2.24. The van der Waals surface area contributed by atoms with Gasteiger partial charge < -0.3 is 5.11 Å². The number of nitrogens with zero attached hydrogens (tertiary/aromatic N) is 1. The quantitative estimate of drug-likeness (QED) is 0.649. The van der Waals surface area contributed by atoms with E-state index in [2.05, 4.69) is 5.32 Å².